The molecule has 0 bridgehead atoms. The molecule has 1 unspecified atom stereocenters. The summed E-state index contributed by atoms with van der Waals surface area (Å²) in [4.78, 5) is 14.1. The van der Waals surface area contributed by atoms with Gasteiger partial charge in [-0.25, -0.2) is 4.79 Å². The van der Waals surface area contributed by atoms with Gasteiger partial charge in [-0.15, -0.1) is 0 Å². The van der Waals surface area contributed by atoms with Gasteiger partial charge in [0.15, 0.2) is 0 Å². The molecule has 0 amide bonds. The first-order valence-electron chi connectivity index (χ1n) is 7.26. The second kappa shape index (κ2) is 7.23. The first kappa shape index (κ1) is 15.5. The van der Waals surface area contributed by atoms with Crippen LogP contribution in [0.5, 0.6) is 0 Å². The molecule has 0 spiro atoms. The first-order valence-corrected chi connectivity index (χ1v) is 8.05. The van der Waals surface area contributed by atoms with Gasteiger partial charge in [0.25, 0.3) is 0 Å². The van der Waals surface area contributed by atoms with Crippen molar-refractivity contribution >= 4 is 21.9 Å². The topological polar surface area (TPSA) is 29.5 Å². The lowest BCUT2D eigenvalue weighted by Gasteiger charge is -2.35. The number of hydrogen-bond acceptors (Lipinski definition) is 3. The average Bonchev–Trinajstić information content (AvgIpc) is 2.49. The van der Waals surface area contributed by atoms with Crippen LogP contribution in [0.4, 0.5) is 0 Å². The minimum absolute atomic E-state index is 0.290. The molecule has 1 aromatic rings. The molecule has 1 atom stereocenters. The number of benzene rings is 1. The largest absolute Gasteiger partial charge is 0.465 e. The number of likely N-dealkylation sites (tertiary alicyclic amines) is 1. The van der Waals surface area contributed by atoms with Crippen LogP contribution in [-0.2, 0) is 11.3 Å². The zero-order valence-electron chi connectivity index (χ0n) is 12.2. The second-order valence-corrected chi connectivity index (χ2v) is 6.18. The van der Waals surface area contributed by atoms with Crippen molar-refractivity contribution in [2.45, 2.75) is 45.2 Å². The van der Waals surface area contributed by atoms with Crippen LogP contribution in [0, 0.1) is 0 Å². The van der Waals surface area contributed by atoms with Gasteiger partial charge >= 0.3 is 5.97 Å². The highest BCUT2D eigenvalue weighted by Crippen LogP contribution is 2.26. The second-order valence-electron chi connectivity index (χ2n) is 5.33. The van der Waals surface area contributed by atoms with Crippen LogP contribution >= 0.6 is 15.9 Å². The lowest BCUT2D eigenvalue weighted by atomic mass is 9.99. The molecule has 110 valence electrons. The first-order chi connectivity index (χ1) is 9.65. The van der Waals surface area contributed by atoms with Crippen molar-refractivity contribution in [2.24, 2.45) is 0 Å². The standard InChI is InChI=1S/C16H22BrNO2/c1-3-14-6-4-5-9-18(14)11-13-8-7-12(10-15(13)17)16(19)20-2/h7-8,10,14H,3-6,9,11H2,1-2H3. The minimum atomic E-state index is -0.290. The Balaban J connectivity index is 2.11. The zero-order valence-corrected chi connectivity index (χ0v) is 13.8. The van der Waals surface area contributed by atoms with Crippen molar-refractivity contribution in [2.75, 3.05) is 13.7 Å². The molecular weight excluding hydrogens is 318 g/mol. The molecule has 0 radical (unpaired) electrons. The molecular formula is C16H22BrNO2. The van der Waals surface area contributed by atoms with E-state index in [4.69, 9.17) is 4.74 Å². The summed E-state index contributed by atoms with van der Waals surface area (Å²) in [6, 6.07) is 6.41. The number of nitrogens with zero attached hydrogens (tertiary/aromatic N) is 1. The number of methoxy groups -OCH3 is 1. The van der Waals surface area contributed by atoms with E-state index in [1.807, 2.05) is 18.2 Å². The minimum Gasteiger partial charge on any atom is -0.465 e. The van der Waals surface area contributed by atoms with Crippen molar-refractivity contribution in [3.8, 4) is 0 Å². The fraction of sp³-hybridized carbons (Fsp3) is 0.562. The van der Waals surface area contributed by atoms with Crippen LogP contribution in [0.3, 0.4) is 0 Å². The zero-order chi connectivity index (χ0) is 14.5. The predicted octanol–water partition coefficient (Wildman–Crippen LogP) is 4.00. The van der Waals surface area contributed by atoms with Gasteiger partial charge < -0.3 is 4.74 Å². The Labute approximate surface area is 129 Å². The fourth-order valence-electron chi connectivity index (χ4n) is 2.87. The Morgan fingerprint density at radius 1 is 1.45 bits per heavy atom. The van der Waals surface area contributed by atoms with Crippen molar-refractivity contribution < 1.29 is 9.53 Å². The molecule has 0 saturated carbocycles. The van der Waals surface area contributed by atoms with Gasteiger partial charge in [-0.05, 0) is 43.5 Å². The molecule has 20 heavy (non-hydrogen) atoms. The molecule has 0 N–H and O–H groups in total. The molecule has 1 fully saturated rings. The third-order valence-electron chi connectivity index (χ3n) is 4.07. The van der Waals surface area contributed by atoms with E-state index in [9.17, 15) is 4.79 Å². The summed E-state index contributed by atoms with van der Waals surface area (Å²) in [6.45, 7) is 4.38. The molecule has 1 aliphatic rings. The number of halogens is 1. The highest BCUT2D eigenvalue weighted by atomic mass is 79.9. The summed E-state index contributed by atoms with van der Waals surface area (Å²) in [5.41, 5.74) is 1.83. The van der Waals surface area contributed by atoms with Gasteiger partial charge in [0.1, 0.15) is 0 Å². The van der Waals surface area contributed by atoms with Gasteiger partial charge in [0.05, 0.1) is 12.7 Å². The summed E-state index contributed by atoms with van der Waals surface area (Å²) in [7, 11) is 1.41. The number of carbonyl (C=O) groups excluding carboxylic acids is 1. The van der Waals surface area contributed by atoms with Gasteiger partial charge in [0.2, 0.25) is 0 Å². The third kappa shape index (κ3) is 3.61. The number of carbonyl (C=O) groups is 1. The summed E-state index contributed by atoms with van der Waals surface area (Å²) >= 11 is 3.58. The van der Waals surface area contributed by atoms with Crippen molar-refractivity contribution in [1.82, 2.24) is 4.90 Å². The molecule has 2 rings (SSSR count). The molecule has 1 aliphatic heterocycles. The van der Waals surface area contributed by atoms with Gasteiger partial charge in [0, 0.05) is 17.1 Å². The Bertz CT molecular complexity index is 476. The Morgan fingerprint density at radius 2 is 2.25 bits per heavy atom. The van der Waals surface area contributed by atoms with E-state index < -0.39 is 0 Å². The molecule has 0 aromatic heterocycles. The summed E-state index contributed by atoms with van der Waals surface area (Å²) < 4.78 is 5.73. The summed E-state index contributed by atoms with van der Waals surface area (Å²) in [5.74, 6) is -0.290. The van der Waals surface area contributed by atoms with E-state index in [-0.39, 0.29) is 5.97 Å². The number of piperidine rings is 1. The van der Waals surface area contributed by atoms with E-state index in [1.165, 1.54) is 44.9 Å². The normalized spacial score (nSPS) is 19.9. The molecule has 0 aliphatic carbocycles. The Kier molecular flexibility index (Phi) is 5.61. The van der Waals surface area contributed by atoms with Crippen molar-refractivity contribution in [3.05, 3.63) is 33.8 Å². The van der Waals surface area contributed by atoms with Crippen LogP contribution in [0.2, 0.25) is 0 Å². The van der Waals surface area contributed by atoms with Gasteiger partial charge in [-0.3, -0.25) is 4.90 Å². The SMILES string of the molecule is CCC1CCCCN1Cc1ccc(C(=O)OC)cc1Br. The van der Waals surface area contributed by atoms with Crippen molar-refractivity contribution in [3.63, 3.8) is 0 Å². The average molecular weight is 340 g/mol. The third-order valence-corrected chi connectivity index (χ3v) is 4.81. The summed E-state index contributed by atoms with van der Waals surface area (Å²) in [6.07, 6.45) is 5.14. The van der Waals surface area contributed by atoms with Crippen LogP contribution < -0.4 is 0 Å². The predicted molar refractivity (Wildman–Crippen MR) is 83.8 cm³/mol. The number of ether oxygens (including phenoxy) is 1. The van der Waals surface area contributed by atoms with Crippen molar-refractivity contribution in [1.29, 1.82) is 0 Å². The van der Waals surface area contributed by atoms with E-state index in [0.717, 1.165) is 11.0 Å². The smallest absolute Gasteiger partial charge is 0.337 e. The van der Waals surface area contributed by atoms with Crippen LogP contribution in [0.25, 0.3) is 0 Å². The van der Waals surface area contributed by atoms with Gasteiger partial charge in [-0.1, -0.05) is 35.3 Å². The Morgan fingerprint density at radius 3 is 2.90 bits per heavy atom. The maximum absolute atomic E-state index is 11.5. The molecule has 4 heteroatoms. The maximum atomic E-state index is 11.5. The lowest BCUT2D eigenvalue weighted by Crippen LogP contribution is -2.38. The Hall–Kier alpha value is -0.870. The quantitative estimate of drug-likeness (QED) is 0.776. The van der Waals surface area contributed by atoms with Crippen LogP contribution in [0.15, 0.2) is 22.7 Å². The monoisotopic (exact) mass is 339 g/mol. The van der Waals surface area contributed by atoms with Crippen LogP contribution in [-0.4, -0.2) is 30.6 Å². The molecule has 1 heterocycles. The van der Waals surface area contributed by atoms with Crippen LogP contribution in [0.1, 0.15) is 48.5 Å². The number of rotatable bonds is 4. The van der Waals surface area contributed by atoms with E-state index >= 15 is 0 Å². The van der Waals surface area contributed by atoms with E-state index in [0.29, 0.717) is 11.6 Å². The fourth-order valence-corrected chi connectivity index (χ4v) is 3.37. The van der Waals surface area contributed by atoms with E-state index in [2.05, 4.69) is 27.8 Å². The highest BCUT2D eigenvalue weighted by Gasteiger charge is 2.21. The number of hydrogen-bond donors (Lipinski definition) is 0. The van der Waals surface area contributed by atoms with Gasteiger partial charge in [-0.2, -0.15) is 0 Å². The lowest BCUT2D eigenvalue weighted by molar-refractivity contribution is 0.0600. The number of esters is 1. The maximum Gasteiger partial charge on any atom is 0.337 e. The molecule has 3 nitrogen and oxygen atoms in total. The van der Waals surface area contributed by atoms with E-state index in [1.54, 1.807) is 0 Å². The summed E-state index contributed by atoms with van der Waals surface area (Å²) in [5, 5.41) is 0. The molecule has 1 aromatic carbocycles. The highest BCUT2D eigenvalue weighted by molar-refractivity contribution is 9.10. The molecule has 1 saturated heterocycles.